The number of aromatic nitrogens is 5. The Labute approximate surface area is 225 Å². The quantitative estimate of drug-likeness (QED) is 0.288. The highest BCUT2D eigenvalue weighted by Gasteiger charge is 2.33. The smallest absolute Gasteiger partial charge is 0.302 e. The zero-order valence-electron chi connectivity index (χ0n) is 20.1. The van der Waals surface area contributed by atoms with Crippen molar-refractivity contribution >= 4 is 57.1 Å². The fourth-order valence-corrected chi connectivity index (χ4v) is 5.08. The van der Waals surface area contributed by atoms with Crippen molar-refractivity contribution in [2.75, 3.05) is 10.6 Å². The van der Waals surface area contributed by atoms with E-state index in [4.69, 9.17) is 21.0 Å². The molecule has 0 spiro atoms. The highest BCUT2D eigenvalue weighted by atomic mass is 35.5. The molecule has 1 unspecified atom stereocenters. The van der Waals surface area contributed by atoms with Crippen molar-refractivity contribution in [1.82, 2.24) is 30.3 Å². The second kappa shape index (κ2) is 9.72. The Balaban J connectivity index is 1.30. The van der Waals surface area contributed by atoms with E-state index in [1.54, 1.807) is 24.9 Å². The lowest BCUT2D eigenvalue weighted by atomic mass is 10.00. The number of aliphatic imine (C=N–C) groups is 1. The molecule has 1 aliphatic heterocycles. The summed E-state index contributed by atoms with van der Waals surface area (Å²) in [5.41, 5.74) is 3.57. The van der Waals surface area contributed by atoms with Crippen molar-refractivity contribution in [3.8, 4) is 10.6 Å². The molecule has 190 valence electrons. The number of benzene rings is 2. The van der Waals surface area contributed by atoms with Gasteiger partial charge in [0.25, 0.3) is 5.91 Å². The third-order valence-electron chi connectivity index (χ3n) is 5.74. The molecular weight excluding hydrogens is 526 g/mol. The lowest BCUT2D eigenvalue weighted by Crippen LogP contribution is -2.37. The van der Waals surface area contributed by atoms with Gasteiger partial charge in [-0.05, 0) is 19.1 Å². The van der Waals surface area contributed by atoms with Gasteiger partial charge < -0.3 is 9.73 Å². The Hall–Kier alpha value is -4.55. The second-order valence-electron chi connectivity index (χ2n) is 8.42. The zero-order chi connectivity index (χ0) is 26.2. The maximum absolute atomic E-state index is 13.5. The van der Waals surface area contributed by atoms with Gasteiger partial charge in [-0.3, -0.25) is 20.1 Å². The highest BCUT2D eigenvalue weighted by Crippen LogP contribution is 2.35. The molecule has 11 nitrogen and oxygen atoms in total. The number of nitrogens with zero attached hydrogens (tertiary/aromatic N) is 6. The van der Waals surface area contributed by atoms with Crippen molar-refractivity contribution in [3.63, 3.8) is 0 Å². The Morgan fingerprint density at radius 1 is 1.13 bits per heavy atom. The van der Waals surface area contributed by atoms with Crippen molar-refractivity contribution < 1.29 is 9.21 Å². The molecule has 0 aliphatic carbocycles. The Morgan fingerprint density at radius 2 is 1.92 bits per heavy atom. The molecule has 13 heteroatoms. The minimum Gasteiger partial charge on any atom is -0.423 e. The number of fused-ring (bicyclic) bond motifs is 1. The molecule has 3 N–H and O–H groups in total. The molecular formula is C25H20ClN9O2S. The van der Waals surface area contributed by atoms with Crippen LogP contribution in [0.25, 0.3) is 21.7 Å². The summed E-state index contributed by atoms with van der Waals surface area (Å²) in [7, 11) is 1.75. The van der Waals surface area contributed by atoms with Gasteiger partial charge in [0.1, 0.15) is 22.3 Å². The summed E-state index contributed by atoms with van der Waals surface area (Å²) in [5, 5.41) is 23.3. The number of amides is 1. The first-order valence-corrected chi connectivity index (χ1v) is 12.7. The van der Waals surface area contributed by atoms with Crippen molar-refractivity contribution in [1.29, 1.82) is 0 Å². The van der Waals surface area contributed by atoms with Crippen LogP contribution in [0.1, 0.15) is 18.7 Å². The van der Waals surface area contributed by atoms with Crippen LogP contribution < -0.4 is 16.0 Å². The summed E-state index contributed by atoms with van der Waals surface area (Å²) in [4.78, 5) is 22.7. The van der Waals surface area contributed by atoms with Crippen molar-refractivity contribution in [2.45, 2.75) is 13.0 Å². The van der Waals surface area contributed by atoms with Crippen LogP contribution in [0.5, 0.6) is 0 Å². The standard InChI is InChI=1S/C25H20ClN9O2S/c1-13-18(21(36)30-25-33-32-22(38-25)14-8-4-3-5-9-14)20(19-15(26)12-35(2)34-19)29-23(27-13)31-24-28-16-10-6-7-11-17(16)37-24/h3-12,20H,1-2H3,(H,30,33,36)(H2,27,28,29,31). The van der Waals surface area contributed by atoms with E-state index < -0.39 is 11.9 Å². The average Bonchev–Trinajstić information content (AvgIpc) is 3.62. The van der Waals surface area contributed by atoms with E-state index in [-0.39, 0.29) is 6.01 Å². The molecule has 0 fully saturated rings. The monoisotopic (exact) mass is 545 g/mol. The van der Waals surface area contributed by atoms with Gasteiger partial charge in [0, 0.05) is 24.5 Å². The van der Waals surface area contributed by atoms with Crippen LogP contribution in [0.2, 0.25) is 5.02 Å². The number of nitrogens with one attached hydrogen (secondary N) is 3. The topological polar surface area (TPSA) is 135 Å². The van der Waals surface area contributed by atoms with Gasteiger partial charge in [-0.15, -0.1) is 10.2 Å². The number of hydrogen-bond acceptors (Lipinski definition) is 10. The normalized spacial score (nSPS) is 15.3. The molecule has 1 atom stereocenters. The van der Waals surface area contributed by atoms with Crippen molar-refractivity contribution in [3.05, 3.63) is 82.8 Å². The van der Waals surface area contributed by atoms with E-state index in [2.05, 4.69) is 36.2 Å². The SMILES string of the molecule is CC1=C(C(=O)Nc2nnc(-c3ccccc3)s2)C(c2nn(C)cc2Cl)N=C(Nc2nc3ccccc3o2)N1. The number of anilines is 2. The van der Waals surface area contributed by atoms with Crippen LogP contribution >= 0.6 is 22.9 Å². The summed E-state index contributed by atoms with van der Waals surface area (Å²) in [6.07, 6.45) is 1.66. The minimum absolute atomic E-state index is 0.256. The van der Waals surface area contributed by atoms with E-state index >= 15 is 0 Å². The van der Waals surface area contributed by atoms with E-state index in [1.807, 2.05) is 54.6 Å². The van der Waals surface area contributed by atoms with E-state index in [0.717, 1.165) is 5.56 Å². The number of halogens is 1. The van der Waals surface area contributed by atoms with Crippen LogP contribution in [-0.4, -0.2) is 36.8 Å². The van der Waals surface area contributed by atoms with Gasteiger partial charge in [-0.25, -0.2) is 4.99 Å². The molecule has 5 aromatic rings. The first-order valence-electron chi connectivity index (χ1n) is 11.5. The zero-order valence-corrected chi connectivity index (χ0v) is 21.7. The second-order valence-corrected chi connectivity index (χ2v) is 9.81. The van der Waals surface area contributed by atoms with Gasteiger partial charge in [-0.2, -0.15) is 10.1 Å². The molecule has 1 amide bonds. The van der Waals surface area contributed by atoms with Gasteiger partial charge >= 0.3 is 6.01 Å². The predicted molar refractivity (Wildman–Crippen MR) is 146 cm³/mol. The maximum atomic E-state index is 13.5. The minimum atomic E-state index is -0.807. The molecule has 38 heavy (non-hydrogen) atoms. The van der Waals surface area contributed by atoms with Gasteiger partial charge in [0.15, 0.2) is 5.58 Å². The van der Waals surface area contributed by atoms with Crippen molar-refractivity contribution in [2.24, 2.45) is 12.0 Å². The third kappa shape index (κ3) is 4.62. The number of hydrogen-bond donors (Lipinski definition) is 3. The molecule has 0 radical (unpaired) electrons. The van der Waals surface area contributed by atoms with Crippen LogP contribution in [-0.2, 0) is 11.8 Å². The average molecular weight is 546 g/mol. The Bertz CT molecular complexity index is 1690. The largest absolute Gasteiger partial charge is 0.423 e. The summed E-state index contributed by atoms with van der Waals surface area (Å²) in [5.74, 6) is -0.0678. The summed E-state index contributed by atoms with van der Waals surface area (Å²) in [6, 6.07) is 16.5. The first kappa shape index (κ1) is 23.8. The molecule has 0 saturated heterocycles. The number of aryl methyl sites for hydroxylation is 1. The number of oxazole rings is 1. The lowest BCUT2D eigenvalue weighted by molar-refractivity contribution is -0.113. The van der Waals surface area contributed by atoms with Crippen LogP contribution in [0.3, 0.4) is 0 Å². The van der Waals surface area contributed by atoms with Crippen LogP contribution in [0.15, 0.2) is 81.5 Å². The molecule has 3 aromatic heterocycles. The molecule has 1 aliphatic rings. The molecule has 0 saturated carbocycles. The first-order chi connectivity index (χ1) is 18.4. The van der Waals surface area contributed by atoms with Gasteiger partial charge in [0.05, 0.1) is 10.6 Å². The molecule has 6 rings (SSSR count). The molecule has 0 bridgehead atoms. The van der Waals surface area contributed by atoms with Crippen LogP contribution in [0, 0.1) is 0 Å². The fraction of sp³-hybridized carbons (Fsp3) is 0.120. The fourth-order valence-electron chi connectivity index (χ4n) is 4.06. The predicted octanol–water partition coefficient (Wildman–Crippen LogP) is 4.76. The number of allylic oxidation sites excluding steroid dienone is 1. The lowest BCUT2D eigenvalue weighted by Gasteiger charge is -2.25. The highest BCUT2D eigenvalue weighted by molar-refractivity contribution is 7.18. The molecule has 4 heterocycles. The maximum Gasteiger partial charge on any atom is 0.302 e. The van der Waals surface area contributed by atoms with Gasteiger partial charge in [0.2, 0.25) is 11.1 Å². The van der Waals surface area contributed by atoms with E-state index in [1.165, 1.54) is 11.3 Å². The van der Waals surface area contributed by atoms with E-state index in [9.17, 15) is 4.79 Å². The third-order valence-corrected chi connectivity index (χ3v) is 6.92. The Morgan fingerprint density at radius 3 is 2.68 bits per heavy atom. The Kier molecular flexibility index (Phi) is 6.10. The number of rotatable bonds is 5. The number of para-hydroxylation sites is 2. The van der Waals surface area contributed by atoms with Gasteiger partial charge in [-0.1, -0.05) is 65.4 Å². The van der Waals surface area contributed by atoms with E-state index in [0.29, 0.717) is 49.2 Å². The molecule has 2 aromatic carbocycles. The number of guanidine groups is 1. The summed E-state index contributed by atoms with van der Waals surface area (Å²) < 4.78 is 7.34. The summed E-state index contributed by atoms with van der Waals surface area (Å²) >= 11 is 7.77. The number of carbonyl (C=O) groups excluding carboxylic acids is 1. The summed E-state index contributed by atoms with van der Waals surface area (Å²) in [6.45, 7) is 1.77. The van der Waals surface area contributed by atoms with Crippen LogP contribution in [0.4, 0.5) is 11.1 Å². The number of carbonyl (C=O) groups is 1.